The largest absolute Gasteiger partial charge is 0.492 e. The van der Waals surface area contributed by atoms with Gasteiger partial charge >= 0.3 is 0 Å². The molecule has 0 atom stereocenters. The highest BCUT2D eigenvalue weighted by atomic mass is 16.5. The summed E-state index contributed by atoms with van der Waals surface area (Å²) in [5.74, 6) is 0.896. The molecular formula is C28H30N4O2. The van der Waals surface area contributed by atoms with Gasteiger partial charge in [-0.2, -0.15) is 5.10 Å². The van der Waals surface area contributed by atoms with Crippen LogP contribution in [0.5, 0.6) is 5.75 Å². The highest BCUT2D eigenvalue weighted by Gasteiger charge is 2.09. The lowest BCUT2D eigenvalue weighted by Gasteiger charge is -2.26. The third-order valence-corrected chi connectivity index (χ3v) is 6.09. The van der Waals surface area contributed by atoms with Crippen LogP contribution in [0, 0.1) is 0 Å². The van der Waals surface area contributed by atoms with E-state index in [4.69, 9.17) is 9.47 Å². The number of aromatic nitrogens is 3. The summed E-state index contributed by atoms with van der Waals surface area (Å²) >= 11 is 0. The number of hydrogen-bond donors (Lipinski definition) is 1. The fraction of sp³-hybridized carbons (Fsp3) is 0.250. The van der Waals surface area contributed by atoms with Crippen molar-refractivity contribution in [3.05, 3.63) is 83.3 Å². The topological polar surface area (TPSA) is 55.3 Å². The maximum absolute atomic E-state index is 5.89. The zero-order valence-corrected chi connectivity index (χ0v) is 19.5. The molecule has 2 aromatic heterocycles. The van der Waals surface area contributed by atoms with Crippen molar-refractivity contribution >= 4 is 35.2 Å². The monoisotopic (exact) mass is 454 g/mol. The summed E-state index contributed by atoms with van der Waals surface area (Å²) in [6, 6.07) is 18.8. The summed E-state index contributed by atoms with van der Waals surface area (Å²) in [6.45, 7) is 5.24. The zero-order valence-electron chi connectivity index (χ0n) is 19.5. The second kappa shape index (κ2) is 10.5. The molecule has 0 spiro atoms. The highest BCUT2D eigenvalue weighted by molar-refractivity contribution is 5.84. The van der Waals surface area contributed by atoms with Crippen LogP contribution in [-0.2, 0) is 11.8 Å². The highest BCUT2D eigenvalue weighted by Crippen LogP contribution is 2.19. The van der Waals surface area contributed by atoms with E-state index in [-0.39, 0.29) is 0 Å². The molecule has 0 unspecified atom stereocenters. The summed E-state index contributed by atoms with van der Waals surface area (Å²) in [6.07, 6.45) is 10.3. The zero-order chi connectivity index (χ0) is 23.2. The van der Waals surface area contributed by atoms with Crippen LogP contribution in [-0.4, -0.2) is 59.1 Å². The summed E-state index contributed by atoms with van der Waals surface area (Å²) in [5.41, 5.74) is 5.35. The van der Waals surface area contributed by atoms with Gasteiger partial charge in [0.2, 0.25) is 0 Å². The molecule has 0 bridgehead atoms. The van der Waals surface area contributed by atoms with Crippen molar-refractivity contribution < 1.29 is 9.47 Å². The number of aryl methyl sites for hydroxylation is 1. The Morgan fingerprint density at radius 3 is 2.59 bits per heavy atom. The van der Waals surface area contributed by atoms with Gasteiger partial charge < -0.3 is 14.0 Å². The van der Waals surface area contributed by atoms with Crippen molar-refractivity contribution in [2.24, 2.45) is 7.05 Å². The van der Waals surface area contributed by atoms with Gasteiger partial charge in [-0.05, 0) is 59.0 Å². The Morgan fingerprint density at radius 1 is 0.941 bits per heavy atom. The molecule has 0 amide bonds. The van der Waals surface area contributed by atoms with Crippen LogP contribution >= 0.6 is 0 Å². The van der Waals surface area contributed by atoms with E-state index in [1.807, 2.05) is 30.4 Å². The molecular weight excluding hydrogens is 424 g/mol. The van der Waals surface area contributed by atoms with Crippen molar-refractivity contribution in [2.45, 2.75) is 0 Å². The predicted molar refractivity (Wildman–Crippen MR) is 139 cm³/mol. The number of nitrogens with one attached hydrogen (secondary N) is 1. The first-order chi connectivity index (χ1) is 16.7. The van der Waals surface area contributed by atoms with Gasteiger partial charge in [-0.1, -0.05) is 36.4 Å². The van der Waals surface area contributed by atoms with E-state index >= 15 is 0 Å². The molecule has 34 heavy (non-hydrogen) atoms. The Labute approximate surface area is 200 Å². The molecule has 6 heteroatoms. The second-order valence-electron chi connectivity index (χ2n) is 8.53. The van der Waals surface area contributed by atoms with E-state index in [0.29, 0.717) is 6.61 Å². The predicted octanol–water partition coefficient (Wildman–Crippen LogP) is 4.95. The first-order valence-electron chi connectivity index (χ1n) is 11.7. The molecule has 1 saturated heterocycles. The van der Waals surface area contributed by atoms with E-state index in [9.17, 15) is 0 Å². The van der Waals surface area contributed by atoms with Gasteiger partial charge in [-0.15, -0.1) is 0 Å². The van der Waals surface area contributed by atoms with Crippen molar-refractivity contribution in [3.63, 3.8) is 0 Å². The van der Waals surface area contributed by atoms with Gasteiger partial charge in [0.25, 0.3) is 0 Å². The third-order valence-electron chi connectivity index (χ3n) is 6.09. The lowest BCUT2D eigenvalue weighted by Crippen LogP contribution is -2.38. The van der Waals surface area contributed by atoms with E-state index in [2.05, 4.69) is 81.5 Å². The number of H-pyrrole nitrogens is 1. The Morgan fingerprint density at radius 2 is 1.74 bits per heavy atom. The molecule has 1 fully saturated rings. The van der Waals surface area contributed by atoms with E-state index in [1.165, 1.54) is 10.9 Å². The quantitative estimate of drug-likeness (QED) is 0.409. The van der Waals surface area contributed by atoms with Crippen molar-refractivity contribution in [3.8, 4) is 5.75 Å². The third kappa shape index (κ3) is 5.65. The van der Waals surface area contributed by atoms with Crippen LogP contribution in [0.15, 0.2) is 60.8 Å². The second-order valence-corrected chi connectivity index (χ2v) is 8.53. The minimum absolute atomic E-state index is 0.693. The van der Waals surface area contributed by atoms with Crippen LogP contribution in [0.1, 0.15) is 22.5 Å². The number of nitrogens with zero attached hydrogens (tertiary/aromatic N) is 3. The molecule has 0 radical (unpaired) electrons. The number of hydrogen-bond acceptors (Lipinski definition) is 4. The lowest BCUT2D eigenvalue weighted by atomic mass is 10.1. The number of aromatic amines is 1. The molecule has 1 N–H and O–H groups in total. The summed E-state index contributed by atoms with van der Waals surface area (Å²) in [5, 5.41) is 8.74. The molecule has 1 aliphatic heterocycles. The molecule has 6 nitrogen and oxygen atoms in total. The smallest absolute Gasteiger partial charge is 0.119 e. The normalized spacial score (nSPS) is 15.1. The summed E-state index contributed by atoms with van der Waals surface area (Å²) in [4.78, 5) is 2.37. The van der Waals surface area contributed by atoms with Crippen molar-refractivity contribution in [1.82, 2.24) is 19.7 Å². The standard InChI is InChI=1S/C28H30N4O2/c1-31-13-12-24-7-2-23(20-28(24)31)4-9-26-21-25(29-30-26)8-3-22-5-10-27(11-6-22)34-19-16-32-14-17-33-18-15-32/h2-13,20-21H,14-19H2,1H3,(H,29,30)/b8-3+,9-4+. The average Bonchev–Trinajstić information content (AvgIpc) is 3.49. The summed E-state index contributed by atoms with van der Waals surface area (Å²) in [7, 11) is 2.06. The fourth-order valence-electron chi connectivity index (χ4n) is 4.07. The molecule has 1 aliphatic rings. The Kier molecular flexibility index (Phi) is 6.89. The van der Waals surface area contributed by atoms with Gasteiger partial charge in [0.15, 0.2) is 0 Å². The lowest BCUT2D eigenvalue weighted by molar-refractivity contribution is 0.0322. The molecule has 0 saturated carbocycles. The molecule has 5 rings (SSSR count). The van der Waals surface area contributed by atoms with Crippen LogP contribution in [0.25, 0.3) is 35.2 Å². The Balaban J connectivity index is 1.14. The number of ether oxygens (including phenoxy) is 2. The maximum Gasteiger partial charge on any atom is 0.119 e. The van der Waals surface area contributed by atoms with Crippen LogP contribution in [0.2, 0.25) is 0 Å². The molecule has 0 aliphatic carbocycles. The minimum atomic E-state index is 0.693. The van der Waals surface area contributed by atoms with Crippen LogP contribution in [0.4, 0.5) is 0 Å². The summed E-state index contributed by atoms with van der Waals surface area (Å²) < 4.78 is 13.4. The van der Waals surface area contributed by atoms with E-state index in [0.717, 1.165) is 61.1 Å². The average molecular weight is 455 g/mol. The van der Waals surface area contributed by atoms with Crippen molar-refractivity contribution in [1.29, 1.82) is 0 Å². The van der Waals surface area contributed by atoms with Gasteiger partial charge in [-0.25, -0.2) is 0 Å². The fourth-order valence-corrected chi connectivity index (χ4v) is 4.07. The van der Waals surface area contributed by atoms with Crippen LogP contribution < -0.4 is 4.74 Å². The SMILES string of the molecule is Cn1ccc2ccc(/C=C/c3cc(/C=C/c4ccc(OCCN5CCOCC5)cc4)[nH]n3)cc21. The Hall–Kier alpha value is -3.61. The van der Waals surface area contributed by atoms with Gasteiger partial charge in [-0.3, -0.25) is 10.00 Å². The number of rotatable bonds is 8. The molecule has 4 aromatic rings. The molecule has 174 valence electrons. The minimum Gasteiger partial charge on any atom is -0.492 e. The maximum atomic E-state index is 5.89. The van der Waals surface area contributed by atoms with Crippen LogP contribution in [0.3, 0.4) is 0 Å². The molecule has 2 aromatic carbocycles. The molecule has 3 heterocycles. The van der Waals surface area contributed by atoms with E-state index < -0.39 is 0 Å². The van der Waals surface area contributed by atoms with Gasteiger partial charge in [0, 0.05) is 38.4 Å². The number of benzene rings is 2. The van der Waals surface area contributed by atoms with Gasteiger partial charge in [0.05, 0.1) is 24.6 Å². The number of fused-ring (bicyclic) bond motifs is 1. The van der Waals surface area contributed by atoms with Gasteiger partial charge in [0.1, 0.15) is 12.4 Å². The number of morpholine rings is 1. The Bertz CT molecular complexity index is 1280. The first-order valence-corrected chi connectivity index (χ1v) is 11.7. The first kappa shape index (κ1) is 22.2. The van der Waals surface area contributed by atoms with E-state index in [1.54, 1.807) is 0 Å². The van der Waals surface area contributed by atoms with Crippen molar-refractivity contribution in [2.75, 3.05) is 39.5 Å².